The molecule has 1 N–H and O–H groups in total. The van der Waals surface area contributed by atoms with Crippen molar-refractivity contribution in [3.05, 3.63) is 29.8 Å². The van der Waals surface area contributed by atoms with Crippen LogP contribution in [0.5, 0.6) is 5.75 Å². The third kappa shape index (κ3) is 5.96. The zero-order valence-electron chi connectivity index (χ0n) is 11.3. The van der Waals surface area contributed by atoms with Crippen molar-refractivity contribution in [2.75, 3.05) is 13.2 Å². The van der Waals surface area contributed by atoms with Gasteiger partial charge in [-0.3, -0.25) is 0 Å². The largest absolute Gasteiger partial charge is 0.484 e. The molecule has 0 saturated heterocycles. The van der Waals surface area contributed by atoms with Crippen LogP contribution < -0.4 is 10.1 Å². The molecule has 0 fully saturated rings. The minimum Gasteiger partial charge on any atom is -0.484 e. The minimum absolute atomic E-state index is 0.148. The zero-order valence-corrected chi connectivity index (χ0v) is 11.3. The van der Waals surface area contributed by atoms with Crippen molar-refractivity contribution in [2.45, 2.75) is 38.9 Å². The first-order chi connectivity index (χ1) is 8.96. The van der Waals surface area contributed by atoms with Crippen LogP contribution in [0.15, 0.2) is 24.3 Å². The number of benzene rings is 1. The van der Waals surface area contributed by atoms with Crippen LogP contribution >= 0.6 is 0 Å². The fourth-order valence-corrected chi connectivity index (χ4v) is 1.80. The van der Waals surface area contributed by atoms with E-state index >= 15 is 0 Å². The lowest BCUT2D eigenvalue weighted by Crippen LogP contribution is -2.22. The summed E-state index contributed by atoms with van der Waals surface area (Å²) in [6.07, 6.45) is -2.41. The number of hydrogen-bond acceptors (Lipinski definition) is 2. The number of rotatable bonds is 7. The Morgan fingerprint density at radius 2 is 2.00 bits per heavy atom. The fourth-order valence-electron chi connectivity index (χ4n) is 1.80. The first-order valence-corrected chi connectivity index (χ1v) is 6.49. The molecule has 0 heterocycles. The molecule has 0 aromatic heterocycles. The van der Waals surface area contributed by atoms with Gasteiger partial charge in [-0.25, -0.2) is 0 Å². The molecular formula is C14H20F3NO. The van der Waals surface area contributed by atoms with Gasteiger partial charge in [0.2, 0.25) is 0 Å². The Morgan fingerprint density at radius 3 is 2.58 bits per heavy atom. The van der Waals surface area contributed by atoms with Crippen LogP contribution in [0, 0.1) is 0 Å². The molecule has 0 spiro atoms. The van der Waals surface area contributed by atoms with Crippen molar-refractivity contribution in [1.29, 1.82) is 0 Å². The summed E-state index contributed by atoms with van der Waals surface area (Å²) in [6, 6.07) is 6.98. The summed E-state index contributed by atoms with van der Waals surface area (Å²) in [6.45, 7) is 3.74. The molecule has 0 aliphatic carbocycles. The van der Waals surface area contributed by atoms with Gasteiger partial charge >= 0.3 is 6.18 Å². The van der Waals surface area contributed by atoms with E-state index in [2.05, 4.69) is 12.2 Å². The number of alkyl halides is 3. The van der Waals surface area contributed by atoms with Crippen LogP contribution in [0.1, 0.15) is 38.3 Å². The first kappa shape index (κ1) is 15.8. The molecule has 1 aromatic carbocycles. The highest BCUT2D eigenvalue weighted by Gasteiger charge is 2.28. The summed E-state index contributed by atoms with van der Waals surface area (Å²) in [4.78, 5) is 0. The molecule has 5 heteroatoms. The van der Waals surface area contributed by atoms with Crippen LogP contribution in [0.3, 0.4) is 0 Å². The normalized spacial score (nSPS) is 13.3. The average molecular weight is 275 g/mol. The highest BCUT2D eigenvalue weighted by Crippen LogP contribution is 2.23. The Bertz CT molecular complexity index is 379. The van der Waals surface area contributed by atoms with Crippen molar-refractivity contribution in [2.24, 2.45) is 0 Å². The van der Waals surface area contributed by atoms with E-state index in [4.69, 9.17) is 4.74 Å². The predicted molar refractivity (Wildman–Crippen MR) is 69.3 cm³/mol. The number of halogens is 3. The van der Waals surface area contributed by atoms with Gasteiger partial charge in [0.1, 0.15) is 5.75 Å². The molecule has 1 unspecified atom stereocenters. The summed E-state index contributed by atoms with van der Waals surface area (Å²) in [7, 11) is 0. The maximum atomic E-state index is 12.1. The smallest absolute Gasteiger partial charge is 0.422 e. The summed E-state index contributed by atoms with van der Waals surface area (Å²) >= 11 is 0. The van der Waals surface area contributed by atoms with Crippen molar-refractivity contribution in [3.8, 4) is 5.75 Å². The molecule has 0 radical (unpaired) electrons. The SMILES string of the molecule is CCCNC(CC)c1cccc(OCC(F)(F)F)c1. The molecule has 19 heavy (non-hydrogen) atoms. The Labute approximate surface area is 112 Å². The van der Waals surface area contributed by atoms with Gasteiger partial charge in [-0.05, 0) is 37.1 Å². The topological polar surface area (TPSA) is 21.3 Å². The van der Waals surface area contributed by atoms with E-state index in [1.807, 2.05) is 13.0 Å². The monoisotopic (exact) mass is 275 g/mol. The Hall–Kier alpha value is -1.23. The Balaban J connectivity index is 2.69. The van der Waals surface area contributed by atoms with Gasteiger partial charge in [0.05, 0.1) is 0 Å². The molecule has 1 atom stereocenters. The molecule has 1 aromatic rings. The lowest BCUT2D eigenvalue weighted by molar-refractivity contribution is -0.153. The second-order valence-corrected chi connectivity index (χ2v) is 4.39. The lowest BCUT2D eigenvalue weighted by atomic mass is 10.0. The van der Waals surface area contributed by atoms with Gasteiger partial charge in [-0.2, -0.15) is 13.2 Å². The molecule has 0 saturated carbocycles. The number of ether oxygens (including phenoxy) is 1. The maximum Gasteiger partial charge on any atom is 0.422 e. The fraction of sp³-hybridized carbons (Fsp3) is 0.571. The molecule has 0 aliphatic rings. The van der Waals surface area contributed by atoms with E-state index in [0.29, 0.717) is 0 Å². The molecule has 0 bridgehead atoms. The summed E-state index contributed by atoms with van der Waals surface area (Å²) in [5.74, 6) is 0.256. The van der Waals surface area contributed by atoms with Gasteiger partial charge in [0, 0.05) is 6.04 Å². The van der Waals surface area contributed by atoms with Crippen LogP contribution in [0.25, 0.3) is 0 Å². The molecule has 0 aliphatic heterocycles. The molecule has 1 rings (SSSR count). The Kier molecular flexibility index (Phi) is 6.15. The van der Waals surface area contributed by atoms with E-state index in [0.717, 1.165) is 24.9 Å². The van der Waals surface area contributed by atoms with Crippen LogP contribution in [0.2, 0.25) is 0 Å². The van der Waals surface area contributed by atoms with E-state index < -0.39 is 12.8 Å². The predicted octanol–water partition coefficient (Wildman–Crippen LogP) is 4.08. The molecule has 108 valence electrons. The lowest BCUT2D eigenvalue weighted by Gasteiger charge is -2.18. The number of nitrogens with one attached hydrogen (secondary N) is 1. The molecule has 0 amide bonds. The molecular weight excluding hydrogens is 255 g/mol. The van der Waals surface area contributed by atoms with Gasteiger partial charge in [0.15, 0.2) is 6.61 Å². The van der Waals surface area contributed by atoms with E-state index in [-0.39, 0.29) is 11.8 Å². The highest BCUT2D eigenvalue weighted by molar-refractivity contribution is 5.30. The Morgan fingerprint density at radius 1 is 1.26 bits per heavy atom. The third-order valence-electron chi connectivity index (χ3n) is 2.71. The van der Waals surface area contributed by atoms with Gasteiger partial charge < -0.3 is 10.1 Å². The maximum absolute atomic E-state index is 12.1. The van der Waals surface area contributed by atoms with E-state index in [1.54, 1.807) is 18.2 Å². The molecule has 2 nitrogen and oxygen atoms in total. The van der Waals surface area contributed by atoms with E-state index in [9.17, 15) is 13.2 Å². The minimum atomic E-state index is -4.30. The highest BCUT2D eigenvalue weighted by atomic mass is 19.4. The van der Waals surface area contributed by atoms with Crippen LogP contribution in [-0.4, -0.2) is 19.3 Å². The first-order valence-electron chi connectivity index (χ1n) is 6.49. The van der Waals surface area contributed by atoms with Gasteiger partial charge in [-0.1, -0.05) is 26.0 Å². The van der Waals surface area contributed by atoms with Crippen molar-refractivity contribution < 1.29 is 17.9 Å². The van der Waals surface area contributed by atoms with E-state index in [1.165, 1.54) is 0 Å². The second kappa shape index (κ2) is 7.38. The third-order valence-corrected chi connectivity index (χ3v) is 2.71. The van der Waals surface area contributed by atoms with Crippen molar-refractivity contribution in [1.82, 2.24) is 5.32 Å². The standard InChI is InChI=1S/C14H20F3NO/c1-3-8-18-13(4-2)11-6-5-7-12(9-11)19-10-14(15,16)17/h5-7,9,13,18H,3-4,8,10H2,1-2H3. The van der Waals surface area contributed by atoms with Crippen LogP contribution in [0.4, 0.5) is 13.2 Å². The summed E-state index contributed by atoms with van der Waals surface area (Å²) in [5.41, 5.74) is 0.954. The van der Waals surface area contributed by atoms with Crippen molar-refractivity contribution >= 4 is 0 Å². The average Bonchev–Trinajstić information content (AvgIpc) is 2.37. The zero-order chi connectivity index (χ0) is 14.3. The van der Waals surface area contributed by atoms with Crippen LogP contribution in [-0.2, 0) is 0 Å². The summed E-state index contributed by atoms with van der Waals surface area (Å²) in [5, 5.41) is 3.36. The second-order valence-electron chi connectivity index (χ2n) is 4.39. The van der Waals surface area contributed by atoms with Gasteiger partial charge in [-0.15, -0.1) is 0 Å². The summed E-state index contributed by atoms with van der Waals surface area (Å²) < 4.78 is 41.0. The quantitative estimate of drug-likeness (QED) is 0.809. The number of hydrogen-bond donors (Lipinski definition) is 1. The van der Waals surface area contributed by atoms with Crippen molar-refractivity contribution in [3.63, 3.8) is 0 Å². The van der Waals surface area contributed by atoms with Gasteiger partial charge in [0.25, 0.3) is 0 Å².